The van der Waals surface area contributed by atoms with E-state index in [0.29, 0.717) is 28.6 Å². The molecule has 0 radical (unpaired) electrons. The van der Waals surface area contributed by atoms with Crippen molar-refractivity contribution in [1.29, 1.82) is 0 Å². The fourth-order valence-electron chi connectivity index (χ4n) is 11.2. The summed E-state index contributed by atoms with van der Waals surface area (Å²) in [5.74, 6) is 1.04. The van der Waals surface area contributed by atoms with Crippen molar-refractivity contribution < 1.29 is 29.3 Å². The van der Waals surface area contributed by atoms with Crippen molar-refractivity contribution in [2.75, 3.05) is 68.0 Å². The summed E-state index contributed by atoms with van der Waals surface area (Å²) in [4.78, 5) is 58.4. The first-order chi connectivity index (χ1) is 29.8. The molecule has 332 valence electrons. The van der Waals surface area contributed by atoms with Crippen LogP contribution >= 0.6 is 0 Å². The first-order valence-electron chi connectivity index (χ1n) is 22.6. The van der Waals surface area contributed by atoms with Gasteiger partial charge in [0.2, 0.25) is 17.8 Å². The Balaban J connectivity index is 0.726. The number of anilines is 3. The number of hydrogen-bond acceptors (Lipinski definition) is 14. The summed E-state index contributed by atoms with van der Waals surface area (Å²) in [5, 5.41) is 36.1. The van der Waals surface area contributed by atoms with Crippen LogP contribution in [-0.2, 0) is 19.1 Å². The molecule has 5 fully saturated rings. The van der Waals surface area contributed by atoms with E-state index in [-0.39, 0.29) is 42.5 Å². The number of aromatic nitrogens is 4. The second-order valence-corrected chi connectivity index (χ2v) is 19.8. The minimum Gasteiger partial charge on any atom is -0.507 e. The SMILES string of the molecule is COC(=O)[C@@H]1C[C@@H](O)CN1C(=O)[C@@H](NC(=O)[C@H]1CCC2(CC1)C[C@H](N1CCC(c3cnc(N4CCN5c6cc(-c7ccccc7O)nnc6NC[C@H]5C4)nc3)CC1)C2)C(C)(C)C. The predicted molar refractivity (Wildman–Crippen MR) is 233 cm³/mol. The van der Waals surface area contributed by atoms with Gasteiger partial charge in [-0.2, -0.15) is 0 Å². The number of phenols is 1. The fraction of sp³-hybridized carbons (Fsp3) is 0.630. The molecular weight excluding hydrogens is 789 g/mol. The van der Waals surface area contributed by atoms with Gasteiger partial charge in [0.25, 0.3) is 0 Å². The molecule has 6 aliphatic rings. The Morgan fingerprint density at radius 2 is 1.68 bits per heavy atom. The number of fused-ring (bicyclic) bond motifs is 3. The monoisotopic (exact) mass is 850 g/mol. The summed E-state index contributed by atoms with van der Waals surface area (Å²) in [7, 11) is 1.28. The number of β-amino-alcohol motifs (C(OH)–C–C–N with tert-alkyl or cyclic N) is 1. The molecule has 62 heavy (non-hydrogen) atoms. The zero-order valence-electron chi connectivity index (χ0n) is 36.5. The van der Waals surface area contributed by atoms with Crippen molar-refractivity contribution in [2.45, 2.75) is 115 Å². The summed E-state index contributed by atoms with van der Waals surface area (Å²) < 4.78 is 4.91. The van der Waals surface area contributed by atoms with Gasteiger partial charge in [-0.25, -0.2) is 14.8 Å². The Labute approximate surface area is 363 Å². The lowest BCUT2D eigenvalue weighted by Gasteiger charge is -2.55. The summed E-state index contributed by atoms with van der Waals surface area (Å²) in [6, 6.07) is 8.37. The highest BCUT2D eigenvalue weighted by molar-refractivity contribution is 5.92. The van der Waals surface area contributed by atoms with E-state index >= 15 is 0 Å². The van der Waals surface area contributed by atoms with Crippen LogP contribution in [0.3, 0.4) is 0 Å². The molecule has 1 aromatic carbocycles. The molecule has 0 unspecified atom stereocenters. The number of carbonyl (C=O) groups excluding carboxylic acids is 3. The molecule has 4 N–H and O–H groups in total. The van der Waals surface area contributed by atoms with E-state index in [0.717, 1.165) is 95.2 Å². The third-order valence-corrected chi connectivity index (χ3v) is 14.9. The van der Waals surface area contributed by atoms with E-state index in [1.807, 2.05) is 51.4 Å². The Kier molecular flexibility index (Phi) is 11.5. The highest BCUT2D eigenvalue weighted by Crippen LogP contribution is 2.55. The number of aliphatic hydroxyl groups is 1. The van der Waals surface area contributed by atoms with Gasteiger partial charge in [0.15, 0.2) is 5.82 Å². The molecule has 0 bridgehead atoms. The Bertz CT molecular complexity index is 2120. The van der Waals surface area contributed by atoms with Crippen LogP contribution in [0.25, 0.3) is 11.3 Å². The maximum atomic E-state index is 13.8. The number of amides is 2. The Morgan fingerprint density at radius 1 is 0.952 bits per heavy atom. The van der Waals surface area contributed by atoms with Crippen molar-refractivity contribution in [1.82, 2.24) is 35.3 Å². The summed E-state index contributed by atoms with van der Waals surface area (Å²) in [6.45, 7) is 11.1. The summed E-state index contributed by atoms with van der Waals surface area (Å²) in [5.41, 5.74) is 3.25. The lowest BCUT2D eigenvalue weighted by molar-refractivity contribution is -0.153. The van der Waals surface area contributed by atoms with Crippen molar-refractivity contribution in [3.63, 3.8) is 0 Å². The van der Waals surface area contributed by atoms with Crippen molar-refractivity contribution in [2.24, 2.45) is 16.7 Å². The van der Waals surface area contributed by atoms with Crippen LogP contribution in [0.2, 0.25) is 0 Å². The normalized spacial score (nSPS) is 28.3. The van der Waals surface area contributed by atoms with E-state index < -0.39 is 29.6 Å². The number of nitrogens with zero attached hydrogens (tertiary/aromatic N) is 8. The number of methoxy groups -OCH3 is 1. The van der Waals surface area contributed by atoms with Gasteiger partial charge in [-0.15, -0.1) is 10.2 Å². The van der Waals surface area contributed by atoms with Crippen LogP contribution in [0.4, 0.5) is 17.5 Å². The van der Waals surface area contributed by atoms with Crippen LogP contribution in [-0.4, -0.2) is 141 Å². The zero-order chi connectivity index (χ0) is 43.3. The second-order valence-electron chi connectivity index (χ2n) is 19.8. The van der Waals surface area contributed by atoms with E-state index in [9.17, 15) is 24.6 Å². The van der Waals surface area contributed by atoms with E-state index in [4.69, 9.17) is 14.7 Å². The number of rotatable bonds is 8. The standard InChI is InChI=1S/C46H62N10O6/c1-45(2,3)39(42(60)56-27-33(57)19-37(56)43(61)62-4)50-41(59)29-9-13-46(14-10-29)21-31(22-46)53-15-11-28(12-16-53)30-23-48-44(49-24-30)54-17-18-55-32(26-54)25-47-40-36(55)20-35(51-52-40)34-7-5-6-8-38(34)58/h5-8,20,23-24,28-29,31-33,37,39,57-58H,9-19,21-22,25-27H2,1-4H3,(H,47,52)(H,50,59)/t29-,31-,32-,33+,37-,39+,46?/m0/s1. The highest BCUT2D eigenvalue weighted by Gasteiger charge is 2.50. The molecule has 9 rings (SSSR count). The Hall–Kier alpha value is -5.09. The number of benzene rings is 1. The number of piperidine rings is 1. The lowest BCUT2D eigenvalue weighted by Crippen LogP contribution is -2.58. The van der Waals surface area contributed by atoms with E-state index in [1.54, 1.807) is 12.1 Å². The summed E-state index contributed by atoms with van der Waals surface area (Å²) >= 11 is 0. The molecule has 2 saturated carbocycles. The molecule has 2 aliphatic carbocycles. The topological polar surface area (TPSA) is 189 Å². The number of aliphatic hydroxyl groups excluding tert-OH is 1. The van der Waals surface area contributed by atoms with Crippen LogP contribution < -0.4 is 20.4 Å². The third-order valence-electron chi connectivity index (χ3n) is 14.9. The summed E-state index contributed by atoms with van der Waals surface area (Å²) in [6.07, 6.45) is 11.6. The average molecular weight is 851 g/mol. The van der Waals surface area contributed by atoms with Gasteiger partial charge in [0.1, 0.15) is 17.8 Å². The van der Waals surface area contributed by atoms with Crippen molar-refractivity contribution >= 4 is 35.2 Å². The molecule has 16 nitrogen and oxygen atoms in total. The third kappa shape index (κ3) is 8.27. The molecule has 3 aromatic rings. The molecule has 16 heteroatoms. The number of nitrogens with one attached hydrogen (secondary N) is 2. The Morgan fingerprint density at radius 3 is 2.37 bits per heavy atom. The molecule has 4 atom stereocenters. The number of esters is 1. The van der Waals surface area contributed by atoms with Gasteiger partial charge in [0, 0.05) is 69.1 Å². The average Bonchev–Trinajstić information content (AvgIpc) is 3.67. The molecule has 2 amide bonds. The van der Waals surface area contributed by atoms with Gasteiger partial charge >= 0.3 is 5.97 Å². The fourth-order valence-corrected chi connectivity index (χ4v) is 11.2. The second kappa shape index (κ2) is 16.9. The van der Waals surface area contributed by atoms with Crippen molar-refractivity contribution in [3.8, 4) is 17.0 Å². The van der Waals surface area contributed by atoms with Gasteiger partial charge in [-0.3, -0.25) is 9.59 Å². The van der Waals surface area contributed by atoms with E-state index in [2.05, 4.69) is 35.5 Å². The first kappa shape index (κ1) is 42.2. The van der Waals surface area contributed by atoms with Crippen LogP contribution in [0.5, 0.6) is 5.75 Å². The molecule has 2 aromatic heterocycles. The van der Waals surface area contributed by atoms with Gasteiger partial charge in [-0.1, -0.05) is 32.9 Å². The maximum Gasteiger partial charge on any atom is 0.328 e. The molecule has 4 aliphatic heterocycles. The molecular formula is C46H62N10O6. The van der Waals surface area contributed by atoms with Gasteiger partial charge in [-0.05, 0) is 105 Å². The van der Waals surface area contributed by atoms with Crippen LogP contribution in [0.1, 0.15) is 90.0 Å². The quantitative estimate of drug-likeness (QED) is 0.239. The number of ether oxygens (including phenoxy) is 1. The number of aromatic hydroxyl groups is 1. The number of carbonyl (C=O) groups is 3. The first-order valence-corrected chi connectivity index (χ1v) is 22.6. The molecule has 1 spiro atoms. The number of hydrogen-bond donors (Lipinski definition) is 4. The van der Waals surface area contributed by atoms with Crippen molar-refractivity contribution in [3.05, 3.63) is 48.3 Å². The largest absolute Gasteiger partial charge is 0.507 e. The van der Waals surface area contributed by atoms with Gasteiger partial charge in [0.05, 0.1) is 30.6 Å². The smallest absolute Gasteiger partial charge is 0.328 e. The number of phenolic OH excluding ortho intramolecular Hbond substituents is 1. The minimum atomic E-state index is -0.851. The zero-order valence-corrected chi connectivity index (χ0v) is 36.5. The number of piperazine rings is 1. The highest BCUT2D eigenvalue weighted by atomic mass is 16.5. The van der Waals surface area contributed by atoms with Gasteiger partial charge < -0.3 is 45.2 Å². The van der Waals surface area contributed by atoms with Crippen LogP contribution in [0.15, 0.2) is 42.7 Å². The molecule has 6 heterocycles. The maximum absolute atomic E-state index is 13.8. The number of likely N-dealkylation sites (tertiary alicyclic amines) is 2. The lowest BCUT2D eigenvalue weighted by atomic mass is 9.56. The van der Waals surface area contributed by atoms with E-state index in [1.165, 1.54) is 30.4 Å². The minimum absolute atomic E-state index is 0.0465. The molecule has 3 saturated heterocycles. The predicted octanol–water partition coefficient (Wildman–Crippen LogP) is 3.94. The number of para-hydroxylation sites is 1. The van der Waals surface area contributed by atoms with Crippen LogP contribution in [0, 0.1) is 16.7 Å².